The van der Waals surface area contributed by atoms with E-state index in [1.165, 1.54) is 11.6 Å². The van der Waals surface area contributed by atoms with Crippen LogP contribution in [0.15, 0.2) is 61.2 Å². The molecule has 0 saturated carbocycles. The molecule has 0 amide bonds. The zero-order valence-electron chi connectivity index (χ0n) is 21.4. The van der Waals surface area contributed by atoms with Crippen LogP contribution in [0.3, 0.4) is 0 Å². The molecule has 0 radical (unpaired) electrons. The van der Waals surface area contributed by atoms with Crippen molar-refractivity contribution in [2.24, 2.45) is 5.92 Å². The summed E-state index contributed by atoms with van der Waals surface area (Å²) in [5.41, 5.74) is 2.61. The standard InChI is InChI=1S/C30H38O6/c1-4-22(3)24-15-17-27(18-16-24)36-29(32)25-11-13-26(14-12-25)30-34-20-23(21-35-30)10-8-6-7-9-19-33-28(31)5-2/h5,11-18,22-23,30H,2,4,6-10,19-21H2,1,3H3. The molecule has 3 rings (SSSR count). The fourth-order valence-corrected chi connectivity index (χ4v) is 4.07. The number of esters is 2. The number of benzene rings is 2. The smallest absolute Gasteiger partial charge is 0.343 e. The summed E-state index contributed by atoms with van der Waals surface area (Å²) in [6.45, 7) is 9.47. The molecule has 1 heterocycles. The van der Waals surface area contributed by atoms with Crippen LogP contribution >= 0.6 is 0 Å². The summed E-state index contributed by atoms with van der Waals surface area (Å²) in [5.74, 6) is 0.646. The van der Waals surface area contributed by atoms with E-state index in [0.29, 0.717) is 43.0 Å². The number of ether oxygens (including phenoxy) is 4. The highest BCUT2D eigenvalue weighted by Crippen LogP contribution is 2.28. The van der Waals surface area contributed by atoms with Gasteiger partial charge in [-0.2, -0.15) is 0 Å². The van der Waals surface area contributed by atoms with Gasteiger partial charge in [0.15, 0.2) is 6.29 Å². The van der Waals surface area contributed by atoms with Crippen LogP contribution in [-0.2, 0) is 19.0 Å². The van der Waals surface area contributed by atoms with Crippen molar-refractivity contribution in [2.45, 2.75) is 64.6 Å². The Labute approximate surface area is 214 Å². The number of carbonyl (C=O) groups is 2. The van der Waals surface area contributed by atoms with Gasteiger partial charge in [-0.05, 0) is 55.0 Å². The van der Waals surface area contributed by atoms with Crippen LogP contribution in [0.4, 0.5) is 0 Å². The van der Waals surface area contributed by atoms with E-state index in [9.17, 15) is 9.59 Å². The van der Waals surface area contributed by atoms with Gasteiger partial charge >= 0.3 is 11.9 Å². The minimum absolute atomic E-state index is 0.363. The van der Waals surface area contributed by atoms with Crippen LogP contribution < -0.4 is 4.74 Å². The van der Waals surface area contributed by atoms with Crippen molar-refractivity contribution >= 4 is 11.9 Å². The molecule has 1 aliphatic heterocycles. The lowest BCUT2D eigenvalue weighted by atomic mass is 9.99. The summed E-state index contributed by atoms with van der Waals surface area (Å²) < 4.78 is 22.4. The van der Waals surface area contributed by atoms with Gasteiger partial charge in [-0.15, -0.1) is 0 Å². The lowest BCUT2D eigenvalue weighted by Gasteiger charge is -2.29. The van der Waals surface area contributed by atoms with E-state index >= 15 is 0 Å². The number of unbranched alkanes of at least 4 members (excludes halogenated alkanes) is 3. The van der Waals surface area contributed by atoms with E-state index in [-0.39, 0.29) is 11.9 Å². The summed E-state index contributed by atoms with van der Waals surface area (Å²) in [6, 6.07) is 14.9. The molecule has 1 fully saturated rings. The maximum Gasteiger partial charge on any atom is 0.343 e. The van der Waals surface area contributed by atoms with Crippen LogP contribution in [0.25, 0.3) is 0 Å². The zero-order valence-corrected chi connectivity index (χ0v) is 21.4. The highest BCUT2D eigenvalue weighted by atomic mass is 16.7. The average Bonchev–Trinajstić information content (AvgIpc) is 2.92. The first-order valence-electron chi connectivity index (χ1n) is 12.9. The third-order valence-electron chi connectivity index (χ3n) is 6.57. The lowest BCUT2D eigenvalue weighted by Crippen LogP contribution is -2.27. The monoisotopic (exact) mass is 494 g/mol. The maximum atomic E-state index is 12.5. The lowest BCUT2D eigenvalue weighted by molar-refractivity contribution is -0.206. The third kappa shape index (κ3) is 8.61. The molecule has 6 nitrogen and oxygen atoms in total. The quantitative estimate of drug-likeness (QED) is 0.133. The summed E-state index contributed by atoms with van der Waals surface area (Å²) >= 11 is 0. The van der Waals surface area contributed by atoms with Gasteiger partial charge in [0.2, 0.25) is 0 Å². The van der Waals surface area contributed by atoms with Crippen molar-refractivity contribution in [1.82, 2.24) is 0 Å². The Hall–Kier alpha value is -2.96. The molecule has 194 valence electrons. The van der Waals surface area contributed by atoms with Crippen LogP contribution in [-0.4, -0.2) is 31.8 Å². The molecule has 36 heavy (non-hydrogen) atoms. The topological polar surface area (TPSA) is 71.1 Å². The van der Waals surface area contributed by atoms with E-state index < -0.39 is 6.29 Å². The van der Waals surface area contributed by atoms with Crippen LogP contribution in [0.2, 0.25) is 0 Å². The third-order valence-corrected chi connectivity index (χ3v) is 6.57. The highest BCUT2D eigenvalue weighted by molar-refractivity contribution is 5.91. The normalized spacial score (nSPS) is 18.3. The van der Waals surface area contributed by atoms with Crippen LogP contribution in [0.1, 0.15) is 86.1 Å². The van der Waals surface area contributed by atoms with E-state index in [4.69, 9.17) is 18.9 Å². The van der Waals surface area contributed by atoms with Crippen LogP contribution in [0.5, 0.6) is 5.75 Å². The molecule has 2 aromatic rings. The van der Waals surface area contributed by atoms with Gasteiger partial charge in [0.05, 0.1) is 25.4 Å². The number of rotatable bonds is 13. The first kappa shape index (κ1) is 27.6. The molecule has 0 spiro atoms. The summed E-state index contributed by atoms with van der Waals surface area (Å²) in [5, 5.41) is 0. The molecule has 0 N–H and O–H groups in total. The molecule has 1 aliphatic rings. The highest BCUT2D eigenvalue weighted by Gasteiger charge is 2.23. The Morgan fingerprint density at radius 3 is 2.31 bits per heavy atom. The van der Waals surface area contributed by atoms with Crippen LogP contribution in [0, 0.1) is 5.92 Å². The number of hydrogen-bond acceptors (Lipinski definition) is 6. The van der Waals surface area contributed by atoms with Crippen molar-refractivity contribution in [2.75, 3.05) is 19.8 Å². The van der Waals surface area contributed by atoms with Crippen molar-refractivity contribution in [1.29, 1.82) is 0 Å². The second kappa shape index (κ2) is 14.6. The molecule has 0 aliphatic carbocycles. The number of hydrogen-bond donors (Lipinski definition) is 0. The molecule has 1 unspecified atom stereocenters. The minimum atomic E-state index is -0.418. The Morgan fingerprint density at radius 2 is 1.67 bits per heavy atom. The Kier molecular flexibility index (Phi) is 11.2. The maximum absolute atomic E-state index is 12.5. The minimum Gasteiger partial charge on any atom is -0.463 e. The van der Waals surface area contributed by atoms with E-state index in [0.717, 1.165) is 44.1 Å². The van der Waals surface area contributed by atoms with Crippen molar-refractivity contribution in [3.05, 3.63) is 77.9 Å². The first-order valence-corrected chi connectivity index (χ1v) is 12.9. The van der Waals surface area contributed by atoms with Gasteiger partial charge in [-0.3, -0.25) is 0 Å². The van der Waals surface area contributed by atoms with Gasteiger partial charge in [0.25, 0.3) is 0 Å². The zero-order chi connectivity index (χ0) is 25.8. The molecule has 0 aromatic heterocycles. The predicted octanol–water partition coefficient (Wildman–Crippen LogP) is 6.76. The van der Waals surface area contributed by atoms with Crippen molar-refractivity contribution < 1.29 is 28.5 Å². The predicted molar refractivity (Wildman–Crippen MR) is 139 cm³/mol. The summed E-state index contributed by atoms with van der Waals surface area (Å²) in [6.07, 6.45) is 6.96. The van der Waals surface area contributed by atoms with Gasteiger partial charge in [0, 0.05) is 17.6 Å². The van der Waals surface area contributed by atoms with Gasteiger partial charge in [-0.1, -0.05) is 64.0 Å². The second-order valence-electron chi connectivity index (χ2n) is 9.33. The van der Waals surface area contributed by atoms with E-state index in [2.05, 4.69) is 20.4 Å². The molecule has 1 saturated heterocycles. The van der Waals surface area contributed by atoms with Crippen molar-refractivity contribution in [3.8, 4) is 5.75 Å². The fourth-order valence-electron chi connectivity index (χ4n) is 4.07. The largest absolute Gasteiger partial charge is 0.463 e. The van der Waals surface area contributed by atoms with Gasteiger partial charge in [0.1, 0.15) is 5.75 Å². The summed E-state index contributed by atoms with van der Waals surface area (Å²) in [7, 11) is 0. The van der Waals surface area contributed by atoms with E-state index in [1.807, 2.05) is 36.4 Å². The summed E-state index contributed by atoms with van der Waals surface area (Å²) in [4.78, 5) is 23.5. The fraction of sp³-hybridized carbons (Fsp3) is 0.467. The molecular formula is C30H38O6. The van der Waals surface area contributed by atoms with Gasteiger partial charge in [-0.25, -0.2) is 9.59 Å². The SMILES string of the molecule is C=CC(=O)OCCCCCCC1COC(c2ccc(C(=O)Oc3ccc(C(C)CC)cc3)cc2)OC1. The second-order valence-corrected chi connectivity index (χ2v) is 9.33. The Morgan fingerprint density at radius 1 is 1.00 bits per heavy atom. The number of carbonyl (C=O) groups excluding carboxylic acids is 2. The molecule has 1 atom stereocenters. The van der Waals surface area contributed by atoms with Crippen molar-refractivity contribution in [3.63, 3.8) is 0 Å². The Balaban J connectivity index is 1.36. The first-order chi connectivity index (χ1) is 17.5. The molecule has 6 heteroatoms. The molecule has 2 aromatic carbocycles. The molecular weight excluding hydrogens is 456 g/mol. The average molecular weight is 495 g/mol. The molecule has 0 bridgehead atoms. The van der Waals surface area contributed by atoms with E-state index in [1.54, 1.807) is 12.1 Å². The Bertz CT molecular complexity index is 958. The van der Waals surface area contributed by atoms with Gasteiger partial charge < -0.3 is 18.9 Å².